The molecule has 1 fully saturated rings. The highest BCUT2D eigenvalue weighted by atomic mass is 19.4. The molecule has 1 aliphatic rings. The van der Waals surface area contributed by atoms with E-state index in [1.165, 1.54) is 12.1 Å². The van der Waals surface area contributed by atoms with E-state index in [1.807, 2.05) is 12.3 Å². The Kier molecular flexibility index (Phi) is 7.73. The Morgan fingerprint density at radius 3 is 2.42 bits per heavy atom. The van der Waals surface area contributed by atoms with Crippen LogP contribution < -0.4 is 15.5 Å². The third kappa shape index (κ3) is 6.58. The molecule has 0 atom stereocenters. The van der Waals surface area contributed by atoms with Gasteiger partial charge in [0, 0.05) is 58.1 Å². The van der Waals surface area contributed by atoms with Crippen molar-refractivity contribution in [2.75, 3.05) is 51.7 Å². The maximum absolute atomic E-state index is 12.7. The minimum absolute atomic E-state index is 0.559. The molecule has 168 valence electrons. The highest BCUT2D eigenvalue weighted by Gasteiger charge is 2.29. The maximum Gasteiger partial charge on any atom is 0.416 e. The number of aliphatic imine (C=N–C) groups is 1. The van der Waals surface area contributed by atoms with Gasteiger partial charge in [0.05, 0.1) is 5.56 Å². The van der Waals surface area contributed by atoms with E-state index in [-0.39, 0.29) is 0 Å². The molecule has 1 aliphatic heterocycles. The van der Waals surface area contributed by atoms with E-state index in [0.717, 1.165) is 55.3 Å². The van der Waals surface area contributed by atoms with Gasteiger partial charge in [-0.2, -0.15) is 13.2 Å². The fourth-order valence-electron chi connectivity index (χ4n) is 3.46. The first kappa shape index (κ1) is 22.9. The molecule has 6 nitrogen and oxygen atoms in total. The smallest absolute Gasteiger partial charge is 0.356 e. The Balaban J connectivity index is 1.50. The molecule has 1 saturated heterocycles. The molecule has 2 heterocycles. The molecule has 0 amide bonds. The van der Waals surface area contributed by atoms with E-state index in [1.54, 1.807) is 7.05 Å². The number of alkyl halides is 3. The summed E-state index contributed by atoms with van der Waals surface area (Å²) in [4.78, 5) is 13.4. The van der Waals surface area contributed by atoms with E-state index in [4.69, 9.17) is 0 Å². The Bertz CT molecular complexity index is 858. The van der Waals surface area contributed by atoms with Crippen molar-refractivity contribution in [2.24, 2.45) is 4.99 Å². The van der Waals surface area contributed by atoms with Crippen LogP contribution in [0.5, 0.6) is 0 Å². The van der Waals surface area contributed by atoms with Crippen molar-refractivity contribution in [1.82, 2.24) is 20.5 Å². The molecular weight excluding hydrogens is 405 g/mol. The minimum atomic E-state index is -4.31. The number of halogens is 3. The summed E-state index contributed by atoms with van der Waals surface area (Å²) in [6.45, 7) is 5.05. The molecule has 0 unspecified atom stereocenters. The predicted molar refractivity (Wildman–Crippen MR) is 117 cm³/mol. The SMILES string of the molecule is CN=C(NCCc1ccc(C(F)(F)F)cc1)NCc1cccnc1N1CCN(C)CC1. The van der Waals surface area contributed by atoms with Gasteiger partial charge in [-0.1, -0.05) is 18.2 Å². The Morgan fingerprint density at radius 1 is 1.06 bits per heavy atom. The first-order valence-corrected chi connectivity index (χ1v) is 10.3. The largest absolute Gasteiger partial charge is 0.416 e. The molecule has 2 aromatic rings. The zero-order chi connectivity index (χ0) is 22.3. The van der Waals surface area contributed by atoms with E-state index < -0.39 is 11.7 Å². The topological polar surface area (TPSA) is 55.8 Å². The van der Waals surface area contributed by atoms with E-state index in [0.29, 0.717) is 25.5 Å². The Hall–Kier alpha value is -2.81. The normalized spacial score (nSPS) is 15.8. The van der Waals surface area contributed by atoms with Gasteiger partial charge in [-0.3, -0.25) is 4.99 Å². The number of hydrogen-bond acceptors (Lipinski definition) is 4. The van der Waals surface area contributed by atoms with Crippen LogP contribution in [0.4, 0.5) is 19.0 Å². The van der Waals surface area contributed by atoms with Crippen LogP contribution in [0.3, 0.4) is 0 Å². The van der Waals surface area contributed by atoms with Gasteiger partial charge >= 0.3 is 6.18 Å². The molecule has 3 rings (SSSR count). The molecule has 9 heteroatoms. The number of aromatic nitrogens is 1. The molecule has 0 radical (unpaired) electrons. The lowest BCUT2D eigenvalue weighted by molar-refractivity contribution is -0.137. The summed E-state index contributed by atoms with van der Waals surface area (Å²) in [5, 5.41) is 6.52. The van der Waals surface area contributed by atoms with Crippen LogP contribution in [0.1, 0.15) is 16.7 Å². The molecular formula is C22H29F3N6. The zero-order valence-electron chi connectivity index (χ0n) is 17.9. The van der Waals surface area contributed by atoms with Gasteiger partial charge < -0.3 is 20.4 Å². The number of benzene rings is 1. The van der Waals surface area contributed by atoms with Crippen molar-refractivity contribution in [2.45, 2.75) is 19.1 Å². The molecule has 31 heavy (non-hydrogen) atoms. The lowest BCUT2D eigenvalue weighted by Gasteiger charge is -2.34. The average molecular weight is 435 g/mol. The van der Waals surface area contributed by atoms with Gasteiger partial charge in [0.2, 0.25) is 0 Å². The first-order chi connectivity index (χ1) is 14.9. The fraction of sp³-hybridized carbons (Fsp3) is 0.455. The molecule has 2 N–H and O–H groups in total. The van der Waals surface area contributed by atoms with Gasteiger partial charge in [0.25, 0.3) is 0 Å². The van der Waals surface area contributed by atoms with E-state index >= 15 is 0 Å². The van der Waals surface area contributed by atoms with Crippen LogP contribution >= 0.6 is 0 Å². The summed E-state index contributed by atoms with van der Waals surface area (Å²) < 4.78 is 38.0. The predicted octanol–water partition coefficient (Wildman–Crippen LogP) is 2.76. The minimum Gasteiger partial charge on any atom is -0.356 e. The summed E-state index contributed by atoms with van der Waals surface area (Å²) in [5.41, 5.74) is 1.30. The summed E-state index contributed by atoms with van der Waals surface area (Å²) >= 11 is 0. The molecule has 0 spiro atoms. The maximum atomic E-state index is 12.7. The summed E-state index contributed by atoms with van der Waals surface area (Å²) in [7, 11) is 3.82. The highest BCUT2D eigenvalue weighted by molar-refractivity contribution is 5.79. The second-order valence-corrected chi connectivity index (χ2v) is 7.57. The molecule has 0 bridgehead atoms. The third-order valence-corrected chi connectivity index (χ3v) is 5.33. The first-order valence-electron chi connectivity index (χ1n) is 10.3. The number of likely N-dealkylation sites (N-methyl/N-ethyl adjacent to an activating group) is 1. The number of hydrogen-bond donors (Lipinski definition) is 2. The quantitative estimate of drug-likeness (QED) is 0.541. The summed E-state index contributed by atoms with van der Waals surface area (Å²) in [5.74, 6) is 1.63. The van der Waals surface area contributed by atoms with E-state index in [2.05, 4.69) is 43.5 Å². The number of rotatable bonds is 6. The van der Waals surface area contributed by atoms with Crippen LogP contribution in [0.25, 0.3) is 0 Å². The van der Waals surface area contributed by atoms with Crippen LogP contribution in [-0.2, 0) is 19.1 Å². The van der Waals surface area contributed by atoms with Gasteiger partial charge in [0.1, 0.15) is 5.82 Å². The molecule has 1 aromatic carbocycles. The summed E-state index contributed by atoms with van der Waals surface area (Å²) in [6, 6.07) is 9.24. The number of nitrogens with one attached hydrogen (secondary N) is 2. The second kappa shape index (κ2) is 10.5. The van der Waals surface area contributed by atoms with Crippen molar-refractivity contribution >= 4 is 11.8 Å². The van der Waals surface area contributed by atoms with Crippen molar-refractivity contribution in [3.05, 3.63) is 59.3 Å². The fourth-order valence-corrected chi connectivity index (χ4v) is 3.46. The van der Waals surface area contributed by atoms with Crippen molar-refractivity contribution in [1.29, 1.82) is 0 Å². The molecule has 1 aromatic heterocycles. The second-order valence-electron chi connectivity index (χ2n) is 7.57. The third-order valence-electron chi connectivity index (χ3n) is 5.33. The van der Waals surface area contributed by atoms with Gasteiger partial charge in [-0.15, -0.1) is 0 Å². The standard InChI is InChI=1S/C22H29F3N6/c1-26-21(28-11-9-17-5-7-19(8-6-17)22(23,24)25)29-16-18-4-3-10-27-20(18)31-14-12-30(2)13-15-31/h3-8,10H,9,11-16H2,1-2H3,(H2,26,28,29). The Morgan fingerprint density at radius 2 is 1.77 bits per heavy atom. The number of guanidine groups is 1. The van der Waals surface area contributed by atoms with Crippen molar-refractivity contribution < 1.29 is 13.2 Å². The van der Waals surface area contributed by atoms with Gasteiger partial charge in [-0.25, -0.2) is 4.98 Å². The van der Waals surface area contributed by atoms with Crippen molar-refractivity contribution in [3.63, 3.8) is 0 Å². The van der Waals surface area contributed by atoms with Crippen LogP contribution in [0.15, 0.2) is 47.6 Å². The average Bonchev–Trinajstić information content (AvgIpc) is 2.76. The van der Waals surface area contributed by atoms with Gasteiger partial charge in [0.15, 0.2) is 5.96 Å². The number of piperazine rings is 1. The van der Waals surface area contributed by atoms with E-state index in [9.17, 15) is 13.2 Å². The number of pyridine rings is 1. The van der Waals surface area contributed by atoms with Crippen LogP contribution in [0, 0.1) is 0 Å². The van der Waals surface area contributed by atoms with Gasteiger partial charge in [-0.05, 0) is 37.2 Å². The number of anilines is 1. The number of nitrogens with zero attached hydrogens (tertiary/aromatic N) is 4. The summed E-state index contributed by atoms with van der Waals surface area (Å²) in [6.07, 6.45) is -1.90. The molecule has 0 aliphatic carbocycles. The van der Waals surface area contributed by atoms with Crippen LogP contribution in [0.2, 0.25) is 0 Å². The Labute approximate surface area is 181 Å². The van der Waals surface area contributed by atoms with Crippen molar-refractivity contribution in [3.8, 4) is 0 Å². The monoisotopic (exact) mass is 434 g/mol. The highest BCUT2D eigenvalue weighted by Crippen LogP contribution is 2.29. The van der Waals surface area contributed by atoms with Crippen LogP contribution in [-0.4, -0.2) is 62.7 Å². The zero-order valence-corrected chi connectivity index (χ0v) is 17.9. The molecule has 0 saturated carbocycles. The lowest BCUT2D eigenvalue weighted by Crippen LogP contribution is -2.45. The lowest BCUT2D eigenvalue weighted by atomic mass is 10.1.